The lowest BCUT2D eigenvalue weighted by molar-refractivity contribution is -0.137. The van der Waals surface area contributed by atoms with Crippen molar-refractivity contribution < 1.29 is 18.3 Å². The van der Waals surface area contributed by atoms with E-state index in [-0.39, 0.29) is 17.2 Å². The summed E-state index contributed by atoms with van der Waals surface area (Å²) in [5.41, 5.74) is 0.942. The third kappa shape index (κ3) is 1.57. The minimum atomic E-state index is -3.79. The van der Waals surface area contributed by atoms with E-state index in [0.29, 0.717) is 0 Å². The Balaban J connectivity index is 2.51. The monoisotopic (exact) mass is 254 g/mol. The first-order chi connectivity index (χ1) is 7.82. The molecule has 0 aromatic heterocycles. The van der Waals surface area contributed by atoms with Gasteiger partial charge in [-0.2, -0.15) is 0 Å². The lowest BCUT2D eigenvalue weighted by Gasteiger charge is -2.13. The second-order valence-corrected chi connectivity index (χ2v) is 6.82. The van der Waals surface area contributed by atoms with Gasteiger partial charge in [-0.25, -0.2) is 8.42 Å². The molecule has 0 saturated heterocycles. The van der Waals surface area contributed by atoms with Gasteiger partial charge in [0.05, 0.1) is 4.90 Å². The number of carboxylic acid groups (broad SMARTS) is 1. The molecule has 2 rings (SSSR count). The zero-order valence-corrected chi connectivity index (χ0v) is 10.5. The third-order valence-electron chi connectivity index (χ3n) is 3.42. The van der Waals surface area contributed by atoms with Crippen molar-refractivity contribution in [2.45, 2.75) is 29.9 Å². The molecule has 17 heavy (non-hydrogen) atoms. The molecule has 1 aromatic carbocycles. The number of hydrogen-bond donors (Lipinski definition) is 1. The highest BCUT2D eigenvalue weighted by Crippen LogP contribution is 2.52. The lowest BCUT2D eigenvalue weighted by atomic mass is 10.2. The summed E-state index contributed by atoms with van der Waals surface area (Å²) < 4.78 is 23.0. The molecule has 92 valence electrons. The topological polar surface area (TPSA) is 71.4 Å². The first-order valence-corrected chi connectivity index (χ1v) is 6.85. The minimum absolute atomic E-state index is 0.0925. The molecule has 0 aliphatic heterocycles. The van der Waals surface area contributed by atoms with Gasteiger partial charge < -0.3 is 5.11 Å². The summed E-state index contributed by atoms with van der Waals surface area (Å²) in [5, 5.41) is 9.15. The second kappa shape index (κ2) is 3.57. The standard InChI is InChI=1S/C12H14O4S/c1-8-3-5-10(6-4-8)17(15,16)12(11(13)14)7-9(12)2/h3-6,9H,7H2,1-2H3,(H,13,14). The Morgan fingerprint density at radius 3 is 2.18 bits per heavy atom. The summed E-state index contributed by atoms with van der Waals surface area (Å²) in [7, 11) is -3.79. The van der Waals surface area contributed by atoms with Crippen molar-refractivity contribution in [1.82, 2.24) is 0 Å². The predicted molar refractivity (Wildman–Crippen MR) is 62.5 cm³/mol. The predicted octanol–water partition coefficient (Wildman–Crippen LogP) is 1.63. The highest BCUT2D eigenvalue weighted by molar-refractivity contribution is 7.94. The van der Waals surface area contributed by atoms with Crippen molar-refractivity contribution in [1.29, 1.82) is 0 Å². The molecule has 5 heteroatoms. The normalized spacial score (nSPS) is 27.8. The van der Waals surface area contributed by atoms with Crippen molar-refractivity contribution in [2.75, 3.05) is 0 Å². The van der Waals surface area contributed by atoms with E-state index in [1.165, 1.54) is 12.1 Å². The number of carboxylic acids is 1. The zero-order valence-electron chi connectivity index (χ0n) is 9.67. The molecule has 2 unspecified atom stereocenters. The van der Waals surface area contributed by atoms with E-state index in [4.69, 9.17) is 5.11 Å². The zero-order chi connectivity index (χ0) is 12.8. The van der Waals surface area contributed by atoms with Crippen LogP contribution in [0.25, 0.3) is 0 Å². The number of benzene rings is 1. The largest absolute Gasteiger partial charge is 0.480 e. The van der Waals surface area contributed by atoms with Gasteiger partial charge in [-0.15, -0.1) is 0 Å². The number of sulfone groups is 1. The average Bonchev–Trinajstić information content (AvgIpc) is 2.93. The van der Waals surface area contributed by atoms with Gasteiger partial charge in [0.25, 0.3) is 0 Å². The van der Waals surface area contributed by atoms with Gasteiger partial charge in [0, 0.05) is 0 Å². The van der Waals surface area contributed by atoms with Gasteiger partial charge in [0.1, 0.15) is 0 Å². The van der Waals surface area contributed by atoms with Crippen molar-refractivity contribution in [2.24, 2.45) is 5.92 Å². The van der Waals surface area contributed by atoms with E-state index < -0.39 is 20.6 Å². The maximum atomic E-state index is 12.3. The number of hydrogen-bond acceptors (Lipinski definition) is 3. The van der Waals surface area contributed by atoms with Crippen LogP contribution >= 0.6 is 0 Å². The van der Waals surface area contributed by atoms with Crippen LogP contribution in [0.15, 0.2) is 29.2 Å². The molecule has 1 aliphatic carbocycles. The lowest BCUT2D eigenvalue weighted by Crippen LogP contribution is -2.34. The Morgan fingerprint density at radius 2 is 1.82 bits per heavy atom. The maximum absolute atomic E-state index is 12.3. The van der Waals surface area contributed by atoms with E-state index in [0.717, 1.165) is 5.56 Å². The van der Waals surface area contributed by atoms with Crippen LogP contribution in [0.5, 0.6) is 0 Å². The van der Waals surface area contributed by atoms with Crippen molar-refractivity contribution in [3.05, 3.63) is 29.8 Å². The molecule has 1 aromatic rings. The molecular formula is C12H14O4S. The van der Waals surface area contributed by atoms with Gasteiger partial charge >= 0.3 is 5.97 Å². The van der Waals surface area contributed by atoms with Crippen LogP contribution in [-0.2, 0) is 14.6 Å². The molecule has 1 N–H and O–H groups in total. The van der Waals surface area contributed by atoms with E-state index >= 15 is 0 Å². The van der Waals surface area contributed by atoms with Crippen molar-refractivity contribution >= 4 is 15.8 Å². The molecular weight excluding hydrogens is 240 g/mol. The maximum Gasteiger partial charge on any atom is 0.325 e. The molecule has 0 spiro atoms. The fraction of sp³-hybridized carbons (Fsp3) is 0.417. The van der Waals surface area contributed by atoms with E-state index in [1.807, 2.05) is 6.92 Å². The summed E-state index contributed by atoms with van der Waals surface area (Å²) in [5.74, 6) is -1.57. The SMILES string of the molecule is Cc1ccc(S(=O)(=O)C2(C(=O)O)CC2C)cc1. The van der Waals surface area contributed by atoms with Gasteiger partial charge in [0.2, 0.25) is 0 Å². The van der Waals surface area contributed by atoms with Crippen molar-refractivity contribution in [3.8, 4) is 0 Å². The van der Waals surface area contributed by atoms with Gasteiger partial charge in [-0.1, -0.05) is 24.6 Å². The summed E-state index contributed by atoms with van der Waals surface area (Å²) in [6, 6.07) is 6.30. The summed E-state index contributed by atoms with van der Waals surface area (Å²) in [6.45, 7) is 3.50. The number of carbonyl (C=O) groups is 1. The number of aryl methyl sites for hydroxylation is 1. The van der Waals surface area contributed by atoms with Crippen LogP contribution in [0, 0.1) is 12.8 Å². The Kier molecular flexibility index (Phi) is 2.54. The number of aliphatic carboxylic acids is 1. The van der Waals surface area contributed by atoms with Gasteiger partial charge in [-0.3, -0.25) is 4.79 Å². The summed E-state index contributed by atoms with van der Waals surface area (Å²) >= 11 is 0. The van der Waals surface area contributed by atoms with Gasteiger partial charge in [-0.05, 0) is 31.4 Å². The van der Waals surface area contributed by atoms with E-state index in [2.05, 4.69) is 0 Å². The second-order valence-electron chi connectivity index (χ2n) is 4.62. The molecule has 1 saturated carbocycles. The van der Waals surface area contributed by atoms with Crippen LogP contribution in [0.1, 0.15) is 18.9 Å². The Labute approximate surface area is 100 Å². The van der Waals surface area contributed by atoms with E-state index in [9.17, 15) is 13.2 Å². The Morgan fingerprint density at radius 1 is 1.35 bits per heavy atom. The average molecular weight is 254 g/mol. The Bertz CT molecular complexity index is 559. The molecule has 0 heterocycles. The third-order valence-corrected chi connectivity index (χ3v) is 6.01. The van der Waals surface area contributed by atoms with Gasteiger partial charge in [0.15, 0.2) is 14.6 Å². The molecule has 0 bridgehead atoms. The first kappa shape index (κ1) is 12.1. The van der Waals surface area contributed by atoms with Crippen LogP contribution in [0.2, 0.25) is 0 Å². The molecule has 2 atom stereocenters. The quantitative estimate of drug-likeness (QED) is 0.890. The fourth-order valence-corrected chi connectivity index (χ4v) is 4.26. The van der Waals surface area contributed by atoms with Crippen LogP contribution in [0.3, 0.4) is 0 Å². The highest BCUT2D eigenvalue weighted by Gasteiger charge is 2.67. The highest BCUT2D eigenvalue weighted by atomic mass is 32.2. The summed E-state index contributed by atoms with van der Waals surface area (Å²) in [6.07, 6.45) is 0.193. The minimum Gasteiger partial charge on any atom is -0.480 e. The number of rotatable bonds is 3. The Hall–Kier alpha value is -1.36. The summed E-state index contributed by atoms with van der Waals surface area (Å²) in [4.78, 5) is 11.3. The van der Waals surface area contributed by atoms with Crippen LogP contribution < -0.4 is 0 Å². The van der Waals surface area contributed by atoms with Crippen LogP contribution in [0.4, 0.5) is 0 Å². The molecule has 1 fully saturated rings. The van der Waals surface area contributed by atoms with Crippen molar-refractivity contribution in [3.63, 3.8) is 0 Å². The molecule has 0 radical (unpaired) electrons. The van der Waals surface area contributed by atoms with Crippen LogP contribution in [-0.4, -0.2) is 24.2 Å². The fourth-order valence-electron chi connectivity index (χ4n) is 2.11. The first-order valence-electron chi connectivity index (χ1n) is 5.37. The molecule has 0 amide bonds. The molecule has 1 aliphatic rings. The smallest absolute Gasteiger partial charge is 0.325 e. The molecule has 4 nitrogen and oxygen atoms in total. The van der Waals surface area contributed by atoms with E-state index in [1.54, 1.807) is 19.1 Å².